The van der Waals surface area contributed by atoms with Crippen LogP contribution in [0.3, 0.4) is 0 Å². The zero-order chi connectivity index (χ0) is 9.97. The molecule has 76 valence electrons. The molecule has 1 aromatic carbocycles. The third-order valence-electron chi connectivity index (χ3n) is 3.12. The lowest BCUT2D eigenvalue weighted by Gasteiger charge is -2.14. The molecule has 1 fully saturated rings. The zero-order valence-corrected chi connectivity index (χ0v) is 8.69. The van der Waals surface area contributed by atoms with Gasteiger partial charge in [-0.15, -0.1) is 0 Å². The average Bonchev–Trinajstić information content (AvgIpc) is 2.61. The van der Waals surface area contributed by atoms with Crippen molar-refractivity contribution >= 4 is 0 Å². The highest BCUT2D eigenvalue weighted by molar-refractivity contribution is 5.23. The minimum atomic E-state index is 0.303. The van der Waals surface area contributed by atoms with E-state index < -0.39 is 0 Å². The van der Waals surface area contributed by atoms with Gasteiger partial charge in [0.2, 0.25) is 0 Å². The van der Waals surface area contributed by atoms with Crippen LogP contribution in [0.4, 0.5) is 0 Å². The molecule has 1 aliphatic rings. The fraction of sp³-hybridized carbons (Fsp3) is 0.500. The quantitative estimate of drug-likeness (QED) is 0.764. The first kappa shape index (κ1) is 9.69. The SMILES string of the molecule is CCN1C[C@@H](N)[C@H](c2ccccc2)C1. The molecule has 1 heterocycles. The van der Waals surface area contributed by atoms with Gasteiger partial charge >= 0.3 is 0 Å². The van der Waals surface area contributed by atoms with Crippen LogP contribution in [-0.2, 0) is 0 Å². The first-order valence-electron chi connectivity index (χ1n) is 5.34. The van der Waals surface area contributed by atoms with E-state index in [0.717, 1.165) is 19.6 Å². The second-order valence-corrected chi connectivity index (χ2v) is 4.03. The fourth-order valence-electron chi connectivity index (χ4n) is 2.22. The van der Waals surface area contributed by atoms with E-state index in [1.165, 1.54) is 5.56 Å². The van der Waals surface area contributed by atoms with Crippen molar-refractivity contribution in [3.8, 4) is 0 Å². The van der Waals surface area contributed by atoms with Crippen LogP contribution >= 0.6 is 0 Å². The standard InChI is InChI=1S/C12H18N2/c1-2-14-8-11(12(13)9-14)10-6-4-3-5-7-10/h3-7,11-12H,2,8-9,13H2,1H3/t11-,12+/m0/s1. The zero-order valence-electron chi connectivity index (χ0n) is 8.69. The summed E-state index contributed by atoms with van der Waals surface area (Å²) in [6.07, 6.45) is 0. The Hall–Kier alpha value is -0.860. The van der Waals surface area contributed by atoms with Crippen LogP contribution in [0.5, 0.6) is 0 Å². The Bertz CT molecular complexity index is 284. The van der Waals surface area contributed by atoms with Crippen molar-refractivity contribution in [1.82, 2.24) is 4.90 Å². The number of rotatable bonds is 2. The van der Waals surface area contributed by atoms with Crippen molar-refractivity contribution in [3.63, 3.8) is 0 Å². The minimum Gasteiger partial charge on any atom is -0.326 e. The number of hydrogen-bond donors (Lipinski definition) is 1. The Morgan fingerprint density at radius 3 is 2.57 bits per heavy atom. The van der Waals surface area contributed by atoms with Gasteiger partial charge in [-0.1, -0.05) is 37.3 Å². The third-order valence-corrected chi connectivity index (χ3v) is 3.12. The number of hydrogen-bond acceptors (Lipinski definition) is 2. The van der Waals surface area contributed by atoms with Crippen molar-refractivity contribution in [2.75, 3.05) is 19.6 Å². The molecular weight excluding hydrogens is 172 g/mol. The predicted octanol–water partition coefficient (Wildman–Crippen LogP) is 1.43. The van der Waals surface area contributed by atoms with Crippen LogP contribution < -0.4 is 5.73 Å². The van der Waals surface area contributed by atoms with Crippen molar-refractivity contribution in [3.05, 3.63) is 35.9 Å². The molecule has 0 amide bonds. The molecule has 2 atom stereocenters. The molecule has 1 aromatic rings. The monoisotopic (exact) mass is 190 g/mol. The van der Waals surface area contributed by atoms with E-state index in [0.29, 0.717) is 12.0 Å². The fourth-order valence-corrected chi connectivity index (χ4v) is 2.22. The summed E-state index contributed by atoms with van der Waals surface area (Å²) in [5.41, 5.74) is 7.52. The summed E-state index contributed by atoms with van der Waals surface area (Å²) in [7, 11) is 0. The third kappa shape index (κ3) is 1.81. The highest BCUT2D eigenvalue weighted by Crippen LogP contribution is 2.25. The van der Waals surface area contributed by atoms with Crippen molar-refractivity contribution in [2.45, 2.75) is 18.9 Å². The van der Waals surface area contributed by atoms with Gasteiger partial charge in [0.05, 0.1) is 0 Å². The lowest BCUT2D eigenvalue weighted by Crippen LogP contribution is -2.28. The molecule has 0 bridgehead atoms. The topological polar surface area (TPSA) is 29.3 Å². The summed E-state index contributed by atoms with van der Waals surface area (Å²) in [6, 6.07) is 10.9. The lowest BCUT2D eigenvalue weighted by atomic mass is 9.95. The molecule has 2 N–H and O–H groups in total. The van der Waals surface area contributed by atoms with Gasteiger partial charge in [0, 0.05) is 25.0 Å². The Labute approximate surface area is 85.7 Å². The summed E-state index contributed by atoms with van der Waals surface area (Å²) < 4.78 is 0. The molecule has 14 heavy (non-hydrogen) atoms. The summed E-state index contributed by atoms with van der Waals surface area (Å²) in [5, 5.41) is 0. The summed E-state index contributed by atoms with van der Waals surface area (Å²) >= 11 is 0. The summed E-state index contributed by atoms with van der Waals surface area (Å²) in [4.78, 5) is 2.42. The minimum absolute atomic E-state index is 0.303. The maximum absolute atomic E-state index is 6.14. The van der Waals surface area contributed by atoms with Gasteiger partial charge in [-0.05, 0) is 12.1 Å². The van der Waals surface area contributed by atoms with Crippen LogP contribution in [-0.4, -0.2) is 30.6 Å². The van der Waals surface area contributed by atoms with E-state index in [1.54, 1.807) is 0 Å². The number of likely N-dealkylation sites (N-methyl/N-ethyl adjacent to an activating group) is 1. The Balaban J connectivity index is 2.13. The normalized spacial score (nSPS) is 28.1. The summed E-state index contributed by atoms with van der Waals surface area (Å²) in [6.45, 7) is 5.45. The van der Waals surface area contributed by atoms with E-state index in [1.807, 2.05) is 0 Å². The van der Waals surface area contributed by atoms with E-state index in [2.05, 4.69) is 42.2 Å². The number of nitrogens with two attached hydrogens (primary N) is 1. The number of nitrogens with zero attached hydrogens (tertiary/aromatic N) is 1. The molecule has 2 nitrogen and oxygen atoms in total. The van der Waals surface area contributed by atoms with Crippen LogP contribution in [0.15, 0.2) is 30.3 Å². The van der Waals surface area contributed by atoms with Crippen LogP contribution in [0.25, 0.3) is 0 Å². The molecule has 2 heteroatoms. The van der Waals surface area contributed by atoms with E-state index in [4.69, 9.17) is 5.73 Å². The Morgan fingerprint density at radius 2 is 2.00 bits per heavy atom. The highest BCUT2D eigenvalue weighted by atomic mass is 15.2. The number of likely N-dealkylation sites (tertiary alicyclic amines) is 1. The first-order chi connectivity index (χ1) is 6.81. The second kappa shape index (κ2) is 4.11. The van der Waals surface area contributed by atoms with E-state index in [9.17, 15) is 0 Å². The predicted molar refractivity (Wildman–Crippen MR) is 59.3 cm³/mol. The van der Waals surface area contributed by atoms with Gasteiger partial charge < -0.3 is 10.6 Å². The van der Waals surface area contributed by atoms with Gasteiger partial charge in [-0.2, -0.15) is 0 Å². The maximum atomic E-state index is 6.14. The van der Waals surface area contributed by atoms with Crippen molar-refractivity contribution in [2.24, 2.45) is 5.73 Å². The molecule has 0 radical (unpaired) electrons. The van der Waals surface area contributed by atoms with Gasteiger partial charge in [-0.3, -0.25) is 0 Å². The molecule has 1 aliphatic heterocycles. The van der Waals surface area contributed by atoms with Gasteiger partial charge in [0.15, 0.2) is 0 Å². The average molecular weight is 190 g/mol. The van der Waals surface area contributed by atoms with Gasteiger partial charge in [0.1, 0.15) is 0 Å². The maximum Gasteiger partial charge on any atom is 0.0249 e. The van der Waals surface area contributed by atoms with E-state index >= 15 is 0 Å². The lowest BCUT2D eigenvalue weighted by molar-refractivity contribution is 0.350. The molecule has 0 aromatic heterocycles. The van der Waals surface area contributed by atoms with Crippen LogP contribution in [0.1, 0.15) is 18.4 Å². The molecule has 0 spiro atoms. The number of benzene rings is 1. The van der Waals surface area contributed by atoms with Crippen molar-refractivity contribution < 1.29 is 0 Å². The molecule has 2 rings (SSSR count). The smallest absolute Gasteiger partial charge is 0.0249 e. The van der Waals surface area contributed by atoms with Crippen molar-refractivity contribution in [1.29, 1.82) is 0 Å². The largest absolute Gasteiger partial charge is 0.326 e. The first-order valence-corrected chi connectivity index (χ1v) is 5.34. The molecule has 0 unspecified atom stereocenters. The van der Waals surface area contributed by atoms with Gasteiger partial charge in [0.25, 0.3) is 0 Å². The Kier molecular flexibility index (Phi) is 2.85. The second-order valence-electron chi connectivity index (χ2n) is 4.03. The van der Waals surface area contributed by atoms with Gasteiger partial charge in [-0.25, -0.2) is 0 Å². The van der Waals surface area contributed by atoms with Crippen LogP contribution in [0, 0.1) is 0 Å². The molecule has 1 saturated heterocycles. The molecule has 0 saturated carbocycles. The molecule has 0 aliphatic carbocycles. The summed E-state index contributed by atoms with van der Waals surface area (Å²) in [5.74, 6) is 0.524. The highest BCUT2D eigenvalue weighted by Gasteiger charge is 2.29. The molecular formula is C12H18N2. The van der Waals surface area contributed by atoms with Crippen LogP contribution in [0.2, 0.25) is 0 Å². The Morgan fingerprint density at radius 1 is 1.29 bits per heavy atom. The van der Waals surface area contributed by atoms with E-state index in [-0.39, 0.29) is 0 Å².